The van der Waals surface area contributed by atoms with Gasteiger partial charge >= 0.3 is 0 Å². The number of hydrogen-bond donors (Lipinski definition) is 1. The van der Waals surface area contributed by atoms with Gasteiger partial charge in [-0.05, 0) is 56.2 Å². The molecule has 1 aromatic heterocycles. The van der Waals surface area contributed by atoms with Crippen LogP contribution in [0.4, 0.5) is 5.69 Å². The lowest BCUT2D eigenvalue weighted by Crippen LogP contribution is -2.28. The van der Waals surface area contributed by atoms with Crippen LogP contribution >= 0.6 is 0 Å². The summed E-state index contributed by atoms with van der Waals surface area (Å²) in [5.41, 5.74) is 8.19. The zero-order valence-electron chi connectivity index (χ0n) is 12.6. The molecule has 0 amide bonds. The van der Waals surface area contributed by atoms with Gasteiger partial charge in [-0.1, -0.05) is 6.42 Å². The minimum atomic E-state index is 0.723. The van der Waals surface area contributed by atoms with Crippen molar-refractivity contribution in [1.82, 2.24) is 9.88 Å². The van der Waals surface area contributed by atoms with Crippen LogP contribution in [0.2, 0.25) is 0 Å². The summed E-state index contributed by atoms with van der Waals surface area (Å²) in [5.74, 6) is 3.66. The van der Waals surface area contributed by atoms with Gasteiger partial charge in [0.05, 0.1) is 6.54 Å². The maximum atomic E-state index is 5.81. The average molecular weight is 285 g/mol. The second-order valence-corrected chi connectivity index (χ2v) is 6.97. The molecular weight excluding hydrogens is 262 g/mol. The lowest BCUT2D eigenvalue weighted by molar-refractivity contribution is 0.202. The van der Waals surface area contributed by atoms with Gasteiger partial charge in [0.25, 0.3) is 0 Å². The predicted molar refractivity (Wildman–Crippen MR) is 83.7 cm³/mol. The van der Waals surface area contributed by atoms with Crippen molar-refractivity contribution in [2.45, 2.75) is 32.2 Å². The van der Waals surface area contributed by atoms with E-state index in [-0.39, 0.29) is 0 Å². The number of nitrogens with zero attached hydrogens (tertiary/aromatic N) is 2. The molecule has 2 N–H and O–H groups in total. The van der Waals surface area contributed by atoms with E-state index in [0.717, 1.165) is 47.0 Å². The van der Waals surface area contributed by atoms with Gasteiger partial charge < -0.3 is 10.2 Å². The molecule has 3 unspecified atom stereocenters. The Hall–Kier alpha value is -1.55. The molecule has 3 atom stereocenters. The summed E-state index contributed by atoms with van der Waals surface area (Å²) in [6.45, 7) is 1.95. The highest BCUT2D eigenvalue weighted by atomic mass is 16.3. The van der Waals surface area contributed by atoms with Gasteiger partial charge in [0.15, 0.2) is 5.58 Å². The number of benzene rings is 1. The van der Waals surface area contributed by atoms with Crippen molar-refractivity contribution in [2.24, 2.45) is 17.8 Å². The Labute approximate surface area is 125 Å². The molecular formula is C17H23N3O. The maximum absolute atomic E-state index is 5.81. The quantitative estimate of drug-likeness (QED) is 0.876. The Balaban J connectivity index is 1.42. The van der Waals surface area contributed by atoms with Crippen molar-refractivity contribution in [1.29, 1.82) is 0 Å². The zero-order valence-corrected chi connectivity index (χ0v) is 12.6. The van der Waals surface area contributed by atoms with Gasteiger partial charge in [-0.3, -0.25) is 4.90 Å². The first kappa shape index (κ1) is 13.1. The molecule has 0 radical (unpaired) electrons. The summed E-state index contributed by atoms with van der Waals surface area (Å²) in [7, 11) is 2.18. The lowest BCUT2D eigenvalue weighted by atomic mass is 9.88. The van der Waals surface area contributed by atoms with Crippen LogP contribution in [0, 0.1) is 17.8 Å². The van der Waals surface area contributed by atoms with Gasteiger partial charge in [0.2, 0.25) is 5.89 Å². The molecule has 1 aromatic carbocycles. The van der Waals surface area contributed by atoms with Crippen molar-refractivity contribution in [3.8, 4) is 0 Å². The van der Waals surface area contributed by atoms with E-state index in [2.05, 4.69) is 16.9 Å². The minimum absolute atomic E-state index is 0.723. The highest BCUT2D eigenvalue weighted by Crippen LogP contribution is 2.48. The van der Waals surface area contributed by atoms with Crippen LogP contribution in [0.3, 0.4) is 0 Å². The largest absolute Gasteiger partial charge is 0.439 e. The lowest BCUT2D eigenvalue weighted by Gasteiger charge is -2.26. The number of nitrogen functional groups attached to an aromatic ring is 1. The number of hydrogen-bond acceptors (Lipinski definition) is 4. The molecule has 2 bridgehead atoms. The fourth-order valence-electron chi connectivity index (χ4n) is 4.35. The molecule has 4 nitrogen and oxygen atoms in total. The summed E-state index contributed by atoms with van der Waals surface area (Å²) in [6.07, 6.45) is 5.82. The number of aromatic nitrogens is 1. The Bertz CT molecular complexity index is 651. The fraction of sp³-hybridized carbons (Fsp3) is 0.588. The molecule has 2 aliphatic rings. The number of fused-ring (bicyclic) bond motifs is 3. The minimum Gasteiger partial charge on any atom is -0.439 e. The summed E-state index contributed by atoms with van der Waals surface area (Å²) >= 11 is 0. The Morgan fingerprint density at radius 1 is 1.33 bits per heavy atom. The molecule has 4 heteroatoms. The molecule has 4 rings (SSSR count). The highest BCUT2D eigenvalue weighted by Gasteiger charge is 2.39. The number of rotatable bonds is 4. The molecule has 1 heterocycles. The number of anilines is 1. The molecule has 0 saturated heterocycles. The SMILES string of the molecule is CN(Cc1nc2ccc(N)cc2o1)CC1CC2CCC1C2. The van der Waals surface area contributed by atoms with E-state index in [1.54, 1.807) is 0 Å². The standard InChI is InChI=1S/C17H23N3O/c1-20(9-13-7-11-2-3-12(13)6-11)10-17-19-15-5-4-14(18)8-16(15)21-17/h4-5,8,11-13H,2-3,6-7,9-10,18H2,1H3. The van der Waals surface area contributed by atoms with E-state index in [4.69, 9.17) is 10.2 Å². The first-order valence-electron chi connectivity index (χ1n) is 8.01. The Morgan fingerprint density at radius 3 is 3.00 bits per heavy atom. The molecule has 112 valence electrons. The molecule has 21 heavy (non-hydrogen) atoms. The van der Waals surface area contributed by atoms with Gasteiger partial charge in [-0.15, -0.1) is 0 Å². The van der Waals surface area contributed by atoms with E-state index in [9.17, 15) is 0 Å². The maximum Gasteiger partial charge on any atom is 0.209 e. The molecule has 2 fully saturated rings. The van der Waals surface area contributed by atoms with Crippen molar-refractivity contribution < 1.29 is 4.42 Å². The smallest absolute Gasteiger partial charge is 0.209 e. The predicted octanol–water partition coefficient (Wildman–Crippen LogP) is 3.28. The molecule has 0 aliphatic heterocycles. The van der Waals surface area contributed by atoms with Crippen LogP contribution < -0.4 is 5.73 Å². The molecule has 0 spiro atoms. The third-order valence-corrected chi connectivity index (χ3v) is 5.29. The van der Waals surface area contributed by atoms with Crippen molar-refractivity contribution in [2.75, 3.05) is 19.3 Å². The summed E-state index contributed by atoms with van der Waals surface area (Å²) < 4.78 is 5.81. The van der Waals surface area contributed by atoms with E-state index in [1.165, 1.54) is 32.2 Å². The topological polar surface area (TPSA) is 55.3 Å². The van der Waals surface area contributed by atoms with Gasteiger partial charge in [0.1, 0.15) is 5.52 Å². The van der Waals surface area contributed by atoms with Gasteiger partial charge in [-0.25, -0.2) is 4.98 Å². The van der Waals surface area contributed by atoms with Crippen LogP contribution in [0.15, 0.2) is 22.6 Å². The Kier molecular flexibility index (Phi) is 3.14. The first-order chi connectivity index (χ1) is 10.2. The van der Waals surface area contributed by atoms with Crippen LogP contribution in [0.5, 0.6) is 0 Å². The zero-order chi connectivity index (χ0) is 14.4. The van der Waals surface area contributed by atoms with E-state index < -0.39 is 0 Å². The second-order valence-electron chi connectivity index (χ2n) is 6.97. The summed E-state index contributed by atoms with van der Waals surface area (Å²) in [6, 6.07) is 5.64. The van der Waals surface area contributed by atoms with E-state index in [0.29, 0.717) is 0 Å². The molecule has 2 aromatic rings. The van der Waals surface area contributed by atoms with Crippen molar-refractivity contribution >= 4 is 16.8 Å². The first-order valence-corrected chi connectivity index (χ1v) is 8.01. The van der Waals surface area contributed by atoms with Crippen LogP contribution in [0.1, 0.15) is 31.6 Å². The monoisotopic (exact) mass is 285 g/mol. The molecule has 2 aliphatic carbocycles. The third kappa shape index (κ3) is 2.53. The summed E-state index contributed by atoms with van der Waals surface area (Å²) in [5, 5.41) is 0. The highest BCUT2D eigenvalue weighted by molar-refractivity contribution is 5.76. The second kappa shape index (κ2) is 5.02. The Morgan fingerprint density at radius 2 is 2.24 bits per heavy atom. The third-order valence-electron chi connectivity index (χ3n) is 5.29. The van der Waals surface area contributed by atoms with Crippen LogP contribution in [-0.4, -0.2) is 23.5 Å². The fourth-order valence-corrected chi connectivity index (χ4v) is 4.35. The van der Waals surface area contributed by atoms with Gasteiger partial charge in [0, 0.05) is 18.3 Å². The number of oxazole rings is 1. The normalized spacial score (nSPS) is 28.0. The average Bonchev–Trinajstić information content (AvgIpc) is 3.12. The van der Waals surface area contributed by atoms with Crippen molar-refractivity contribution in [3.05, 3.63) is 24.1 Å². The van der Waals surface area contributed by atoms with Crippen LogP contribution in [-0.2, 0) is 6.54 Å². The number of nitrogens with two attached hydrogens (primary N) is 1. The van der Waals surface area contributed by atoms with Crippen molar-refractivity contribution in [3.63, 3.8) is 0 Å². The van der Waals surface area contributed by atoms with Gasteiger partial charge in [-0.2, -0.15) is 0 Å². The van der Waals surface area contributed by atoms with E-state index in [1.807, 2.05) is 18.2 Å². The van der Waals surface area contributed by atoms with E-state index >= 15 is 0 Å². The molecule has 2 saturated carbocycles. The van der Waals surface area contributed by atoms with Crippen LogP contribution in [0.25, 0.3) is 11.1 Å². The summed E-state index contributed by atoms with van der Waals surface area (Å²) in [4.78, 5) is 6.91.